The summed E-state index contributed by atoms with van der Waals surface area (Å²) in [4.78, 5) is 42.0. The molecule has 2 aromatic carbocycles. The van der Waals surface area contributed by atoms with E-state index >= 15 is 0 Å². The minimum atomic E-state index is -0.698. The zero-order chi connectivity index (χ0) is 24.6. The number of carbonyl (C=O) groups excluding carboxylic acids is 3. The fraction of sp³-hybridized carbons (Fsp3) is 0.483. The van der Waals surface area contributed by atoms with Crippen LogP contribution in [0.3, 0.4) is 0 Å². The van der Waals surface area contributed by atoms with E-state index in [1.165, 1.54) is 11.1 Å². The summed E-state index contributed by atoms with van der Waals surface area (Å²) in [6.07, 6.45) is 5.96. The lowest BCUT2D eigenvalue weighted by atomic mass is 9.84. The smallest absolute Gasteiger partial charge is 0.292 e. The van der Waals surface area contributed by atoms with Gasteiger partial charge in [0.15, 0.2) is 0 Å². The van der Waals surface area contributed by atoms with Crippen molar-refractivity contribution in [3.8, 4) is 0 Å². The molecule has 1 fully saturated rings. The van der Waals surface area contributed by atoms with Crippen LogP contribution in [0.5, 0.6) is 0 Å². The van der Waals surface area contributed by atoms with E-state index in [-0.39, 0.29) is 18.0 Å². The van der Waals surface area contributed by atoms with E-state index in [1.54, 1.807) is 4.90 Å². The molecule has 3 rings (SSSR count). The number of hydrogen-bond acceptors (Lipinski definition) is 3. The normalized spacial score (nSPS) is 16.0. The second-order valence-electron chi connectivity index (χ2n) is 9.94. The molecule has 5 heteroatoms. The number of ketones is 1. The average molecular weight is 463 g/mol. The van der Waals surface area contributed by atoms with Gasteiger partial charge in [0, 0.05) is 18.0 Å². The second kappa shape index (κ2) is 12.0. The molecule has 0 saturated carbocycles. The number of amides is 2. The van der Waals surface area contributed by atoms with E-state index in [4.69, 9.17) is 0 Å². The zero-order valence-electron chi connectivity index (χ0n) is 20.8. The number of hydrogen-bond donors (Lipinski definition) is 0. The van der Waals surface area contributed by atoms with Crippen molar-refractivity contribution in [2.24, 2.45) is 5.41 Å². The number of likely N-dealkylation sites (tertiary alicyclic amines) is 1. The molecule has 1 atom stereocenters. The van der Waals surface area contributed by atoms with E-state index in [0.29, 0.717) is 19.4 Å². The van der Waals surface area contributed by atoms with Crippen LogP contribution in [0.15, 0.2) is 60.7 Å². The van der Waals surface area contributed by atoms with Gasteiger partial charge in [-0.3, -0.25) is 14.4 Å². The standard InChI is InChI=1S/C29H38N2O3/c1-4-29(2,3)27(33)28(34)30-21-11-16-26(30)31(22-32)25(19-17-23-12-7-5-8-13-23)20-18-24-14-9-6-10-15-24/h5-10,12-15,22,25-26H,4,11,16-21H2,1-3H3/t26-/m1/s1. The van der Waals surface area contributed by atoms with Crippen molar-refractivity contribution in [2.75, 3.05) is 6.54 Å². The van der Waals surface area contributed by atoms with E-state index in [9.17, 15) is 14.4 Å². The molecule has 1 aliphatic rings. The molecule has 1 aliphatic heterocycles. The first-order valence-corrected chi connectivity index (χ1v) is 12.5. The molecular formula is C29H38N2O3. The summed E-state index contributed by atoms with van der Waals surface area (Å²) in [5.41, 5.74) is 1.77. The van der Waals surface area contributed by atoms with Crippen LogP contribution in [-0.4, -0.2) is 46.7 Å². The zero-order valence-corrected chi connectivity index (χ0v) is 20.8. The third-order valence-electron chi connectivity index (χ3n) is 7.28. The lowest BCUT2D eigenvalue weighted by Crippen LogP contribution is -2.54. The van der Waals surface area contributed by atoms with Crippen molar-refractivity contribution < 1.29 is 14.4 Å². The predicted octanol–water partition coefficient (Wildman–Crippen LogP) is 5.03. The highest BCUT2D eigenvalue weighted by Gasteiger charge is 2.41. The minimum Gasteiger partial charge on any atom is -0.322 e. The first-order valence-electron chi connectivity index (χ1n) is 12.5. The highest BCUT2D eigenvalue weighted by atomic mass is 16.2. The molecule has 34 heavy (non-hydrogen) atoms. The van der Waals surface area contributed by atoms with Gasteiger partial charge in [0.1, 0.15) is 6.17 Å². The number of aryl methyl sites for hydroxylation is 2. The fourth-order valence-electron chi connectivity index (χ4n) is 4.67. The lowest BCUT2D eigenvalue weighted by Gasteiger charge is -2.39. The summed E-state index contributed by atoms with van der Waals surface area (Å²) >= 11 is 0. The van der Waals surface area contributed by atoms with Crippen LogP contribution in [0.2, 0.25) is 0 Å². The topological polar surface area (TPSA) is 57.7 Å². The van der Waals surface area contributed by atoms with Crippen molar-refractivity contribution in [3.63, 3.8) is 0 Å². The van der Waals surface area contributed by atoms with E-state index < -0.39 is 11.3 Å². The molecule has 2 aromatic rings. The van der Waals surface area contributed by atoms with Crippen LogP contribution in [0.4, 0.5) is 0 Å². The van der Waals surface area contributed by atoms with Gasteiger partial charge in [-0.25, -0.2) is 0 Å². The Morgan fingerprint density at radius 2 is 1.53 bits per heavy atom. The van der Waals surface area contributed by atoms with Crippen LogP contribution >= 0.6 is 0 Å². The quantitative estimate of drug-likeness (QED) is 0.328. The molecule has 0 radical (unpaired) electrons. The molecule has 0 unspecified atom stereocenters. The molecule has 0 aliphatic carbocycles. The van der Waals surface area contributed by atoms with Gasteiger partial charge in [0.2, 0.25) is 12.2 Å². The van der Waals surface area contributed by atoms with Gasteiger partial charge in [0.25, 0.3) is 5.91 Å². The summed E-state index contributed by atoms with van der Waals surface area (Å²) in [5, 5.41) is 0. The van der Waals surface area contributed by atoms with Crippen molar-refractivity contribution in [1.82, 2.24) is 9.80 Å². The van der Waals surface area contributed by atoms with Gasteiger partial charge in [-0.1, -0.05) is 81.4 Å². The van der Waals surface area contributed by atoms with Crippen molar-refractivity contribution in [1.29, 1.82) is 0 Å². The third kappa shape index (κ3) is 6.34. The molecule has 182 valence electrons. The van der Waals surface area contributed by atoms with Crippen molar-refractivity contribution in [3.05, 3.63) is 71.8 Å². The summed E-state index contributed by atoms with van der Waals surface area (Å²) in [5.74, 6) is -0.816. The Kier molecular flexibility index (Phi) is 9.03. The van der Waals surface area contributed by atoms with E-state index in [0.717, 1.165) is 38.5 Å². The second-order valence-corrected chi connectivity index (χ2v) is 9.94. The highest BCUT2D eigenvalue weighted by molar-refractivity contribution is 6.38. The fourth-order valence-corrected chi connectivity index (χ4v) is 4.67. The molecule has 5 nitrogen and oxygen atoms in total. The van der Waals surface area contributed by atoms with Gasteiger partial charge in [-0.05, 0) is 56.1 Å². The molecule has 2 amide bonds. The summed E-state index contributed by atoms with van der Waals surface area (Å²) in [7, 11) is 0. The minimum absolute atomic E-state index is 0.0226. The maximum atomic E-state index is 13.2. The number of carbonyl (C=O) groups is 3. The van der Waals surface area contributed by atoms with E-state index in [2.05, 4.69) is 24.3 Å². The first-order chi connectivity index (χ1) is 16.4. The summed E-state index contributed by atoms with van der Waals surface area (Å²) in [6, 6.07) is 20.5. The van der Waals surface area contributed by atoms with E-state index in [1.807, 2.05) is 62.1 Å². The van der Waals surface area contributed by atoms with Gasteiger partial charge < -0.3 is 9.80 Å². The molecule has 1 saturated heterocycles. The number of benzene rings is 2. The lowest BCUT2D eigenvalue weighted by molar-refractivity contribution is -0.153. The maximum absolute atomic E-state index is 13.2. The Hall–Kier alpha value is -2.95. The molecule has 0 spiro atoms. The van der Waals surface area contributed by atoms with Gasteiger partial charge in [0.05, 0.1) is 0 Å². The van der Waals surface area contributed by atoms with Crippen LogP contribution < -0.4 is 0 Å². The Morgan fingerprint density at radius 3 is 2.00 bits per heavy atom. The largest absolute Gasteiger partial charge is 0.322 e. The Labute approximate surface area is 204 Å². The summed E-state index contributed by atoms with van der Waals surface area (Å²) in [6.45, 7) is 6.08. The average Bonchev–Trinajstić information content (AvgIpc) is 3.35. The van der Waals surface area contributed by atoms with Gasteiger partial charge in [-0.2, -0.15) is 0 Å². The SMILES string of the molecule is CCC(C)(C)C(=O)C(=O)N1CCC[C@H]1N(C=O)C(CCc1ccccc1)CCc1ccccc1. The van der Waals surface area contributed by atoms with Crippen molar-refractivity contribution >= 4 is 18.1 Å². The first kappa shape index (κ1) is 25.7. The summed E-state index contributed by atoms with van der Waals surface area (Å²) < 4.78 is 0. The predicted molar refractivity (Wildman–Crippen MR) is 135 cm³/mol. The Bertz CT molecular complexity index is 899. The molecule has 0 bridgehead atoms. The molecule has 1 heterocycles. The number of nitrogens with zero attached hydrogens (tertiary/aromatic N) is 2. The number of Topliss-reactive ketones (excluding diaryl/α,β-unsaturated/α-hetero) is 1. The molecule has 0 aromatic heterocycles. The highest BCUT2D eigenvalue weighted by Crippen LogP contribution is 2.29. The molecule has 0 N–H and O–H groups in total. The number of rotatable bonds is 12. The van der Waals surface area contributed by atoms with Crippen LogP contribution in [-0.2, 0) is 27.2 Å². The van der Waals surface area contributed by atoms with Crippen LogP contribution in [0.1, 0.15) is 64.0 Å². The van der Waals surface area contributed by atoms with Crippen LogP contribution in [0.25, 0.3) is 0 Å². The monoisotopic (exact) mass is 462 g/mol. The van der Waals surface area contributed by atoms with Crippen LogP contribution in [0, 0.1) is 5.41 Å². The van der Waals surface area contributed by atoms with Gasteiger partial charge in [-0.15, -0.1) is 0 Å². The Morgan fingerprint density at radius 1 is 1.00 bits per heavy atom. The van der Waals surface area contributed by atoms with Gasteiger partial charge >= 0.3 is 0 Å². The Balaban J connectivity index is 1.80. The molecular weight excluding hydrogens is 424 g/mol. The van der Waals surface area contributed by atoms with Crippen molar-refractivity contribution in [2.45, 2.75) is 77.9 Å². The third-order valence-corrected chi connectivity index (χ3v) is 7.28. The maximum Gasteiger partial charge on any atom is 0.292 e.